The van der Waals surface area contributed by atoms with Crippen molar-refractivity contribution in [1.29, 1.82) is 5.26 Å². The van der Waals surface area contributed by atoms with Gasteiger partial charge in [0, 0.05) is 23.5 Å². The van der Waals surface area contributed by atoms with Gasteiger partial charge in [-0.15, -0.1) is 0 Å². The van der Waals surface area contributed by atoms with Crippen molar-refractivity contribution in [2.75, 3.05) is 7.11 Å². The molecule has 1 atom stereocenters. The average molecular weight is 347 g/mol. The fourth-order valence-electron chi connectivity index (χ4n) is 2.66. The summed E-state index contributed by atoms with van der Waals surface area (Å²) >= 11 is 0. The first-order valence-corrected chi connectivity index (χ1v) is 7.94. The van der Waals surface area contributed by atoms with Crippen LogP contribution in [-0.4, -0.2) is 27.3 Å². The first kappa shape index (κ1) is 17.5. The van der Waals surface area contributed by atoms with Gasteiger partial charge in [0.1, 0.15) is 18.5 Å². The average Bonchev–Trinajstić information content (AvgIpc) is 2.72. The molecule has 130 valence electrons. The largest absolute Gasteiger partial charge is 0.496 e. The number of ether oxygens (including phenoxy) is 1. The number of nitrogens with zero attached hydrogens (tertiary/aromatic N) is 3. The second-order valence-corrected chi connectivity index (χ2v) is 5.65. The molecule has 0 saturated heterocycles. The first-order chi connectivity index (χ1) is 12.7. The van der Waals surface area contributed by atoms with E-state index in [9.17, 15) is 5.11 Å². The molecule has 0 aliphatic heterocycles. The maximum Gasteiger partial charge on any atom is 0.153 e. The summed E-state index contributed by atoms with van der Waals surface area (Å²) in [5, 5.41) is 28.8. The van der Waals surface area contributed by atoms with Crippen molar-refractivity contribution in [2.45, 2.75) is 12.7 Å². The van der Waals surface area contributed by atoms with Crippen LogP contribution in [0, 0.1) is 11.3 Å². The van der Waals surface area contributed by atoms with Crippen LogP contribution in [0.2, 0.25) is 0 Å². The number of aliphatic hydroxyl groups excluding tert-OH is 2. The van der Waals surface area contributed by atoms with Crippen LogP contribution in [0.25, 0.3) is 11.1 Å². The molecule has 2 N–H and O–H groups in total. The first-order valence-electron chi connectivity index (χ1n) is 7.94. The Labute approximate surface area is 151 Å². The second kappa shape index (κ2) is 7.74. The van der Waals surface area contributed by atoms with Crippen LogP contribution in [0.4, 0.5) is 0 Å². The smallest absolute Gasteiger partial charge is 0.153 e. The van der Waals surface area contributed by atoms with Crippen molar-refractivity contribution >= 4 is 0 Å². The normalized spacial score (nSPS) is 11.6. The number of benzene rings is 2. The third-order valence-corrected chi connectivity index (χ3v) is 4.02. The molecule has 0 fully saturated rings. The molecule has 3 aromatic rings. The minimum absolute atomic E-state index is 0.252. The molecule has 0 aliphatic carbocycles. The molecule has 6 heteroatoms. The molecular weight excluding hydrogens is 330 g/mol. The maximum absolute atomic E-state index is 10.7. The Morgan fingerprint density at radius 3 is 2.54 bits per heavy atom. The van der Waals surface area contributed by atoms with Crippen molar-refractivity contribution < 1.29 is 14.9 Å². The van der Waals surface area contributed by atoms with Gasteiger partial charge in [0.15, 0.2) is 5.82 Å². The number of methoxy groups -OCH3 is 1. The van der Waals surface area contributed by atoms with Crippen LogP contribution in [0.3, 0.4) is 0 Å². The lowest BCUT2D eigenvalue weighted by Gasteiger charge is -2.15. The quantitative estimate of drug-likeness (QED) is 0.736. The number of aromatic nitrogens is 2. The van der Waals surface area contributed by atoms with Crippen molar-refractivity contribution in [2.24, 2.45) is 0 Å². The molecule has 0 spiro atoms. The highest BCUT2D eigenvalue weighted by Crippen LogP contribution is 2.34. The summed E-state index contributed by atoms with van der Waals surface area (Å²) in [5.74, 6) is 0.938. The fourth-order valence-corrected chi connectivity index (χ4v) is 2.66. The highest BCUT2D eigenvalue weighted by Gasteiger charge is 2.15. The molecule has 1 unspecified atom stereocenters. The van der Waals surface area contributed by atoms with Gasteiger partial charge in [-0.2, -0.15) is 5.26 Å². The maximum atomic E-state index is 10.7. The molecule has 3 rings (SSSR count). The Balaban J connectivity index is 2.02. The van der Waals surface area contributed by atoms with Gasteiger partial charge in [-0.1, -0.05) is 18.2 Å². The summed E-state index contributed by atoms with van der Waals surface area (Å²) in [5.41, 5.74) is 3.30. The van der Waals surface area contributed by atoms with Crippen molar-refractivity contribution in [1.82, 2.24) is 9.97 Å². The molecule has 2 aromatic carbocycles. The lowest BCUT2D eigenvalue weighted by atomic mass is 9.96. The highest BCUT2D eigenvalue weighted by atomic mass is 16.5. The zero-order chi connectivity index (χ0) is 18.5. The van der Waals surface area contributed by atoms with Crippen LogP contribution < -0.4 is 4.74 Å². The van der Waals surface area contributed by atoms with Gasteiger partial charge in [-0.3, -0.25) is 0 Å². The zero-order valence-corrected chi connectivity index (χ0v) is 14.1. The van der Waals surface area contributed by atoms with Gasteiger partial charge in [0.05, 0.1) is 18.7 Å². The van der Waals surface area contributed by atoms with Gasteiger partial charge < -0.3 is 14.9 Å². The monoisotopic (exact) mass is 347 g/mol. The molecule has 26 heavy (non-hydrogen) atoms. The van der Waals surface area contributed by atoms with Gasteiger partial charge in [-0.25, -0.2) is 9.97 Å². The van der Waals surface area contributed by atoms with Gasteiger partial charge in [0.25, 0.3) is 0 Å². The van der Waals surface area contributed by atoms with Crippen LogP contribution in [0.1, 0.15) is 28.6 Å². The Kier molecular flexibility index (Phi) is 5.23. The molecule has 0 bridgehead atoms. The van der Waals surface area contributed by atoms with E-state index in [1.807, 2.05) is 12.1 Å². The zero-order valence-electron chi connectivity index (χ0n) is 14.1. The van der Waals surface area contributed by atoms with Crippen LogP contribution in [0.15, 0.2) is 54.9 Å². The Bertz CT molecular complexity index is 949. The topological polar surface area (TPSA) is 99.3 Å². The van der Waals surface area contributed by atoms with Crippen molar-refractivity contribution in [3.8, 4) is 22.9 Å². The molecule has 0 amide bonds. The van der Waals surface area contributed by atoms with E-state index < -0.39 is 6.10 Å². The molecule has 0 aliphatic rings. The number of aliphatic hydroxyl groups is 2. The van der Waals surface area contributed by atoms with E-state index in [0.717, 1.165) is 11.1 Å². The predicted molar refractivity (Wildman–Crippen MR) is 95.2 cm³/mol. The highest BCUT2D eigenvalue weighted by molar-refractivity contribution is 5.72. The lowest BCUT2D eigenvalue weighted by Crippen LogP contribution is -2.04. The third-order valence-electron chi connectivity index (χ3n) is 4.02. The van der Waals surface area contributed by atoms with Crippen molar-refractivity contribution in [3.05, 3.63) is 77.4 Å². The van der Waals surface area contributed by atoms with E-state index in [0.29, 0.717) is 28.3 Å². The molecule has 1 aromatic heterocycles. The van der Waals surface area contributed by atoms with Crippen LogP contribution >= 0.6 is 0 Å². The molecule has 1 heterocycles. The van der Waals surface area contributed by atoms with E-state index in [1.165, 1.54) is 12.4 Å². The Hall–Kier alpha value is -3.27. The van der Waals surface area contributed by atoms with Gasteiger partial charge in [-0.05, 0) is 35.4 Å². The lowest BCUT2D eigenvalue weighted by molar-refractivity contribution is 0.218. The summed E-state index contributed by atoms with van der Waals surface area (Å²) in [4.78, 5) is 8.00. The second-order valence-electron chi connectivity index (χ2n) is 5.65. The standard InChI is InChI=1S/C20H17N3O3/c1-26-18-6-5-15(20(25)16-10-22-19(12-24)23-11-16)8-17(18)14-4-2-3-13(7-14)9-21/h2-8,10-11,20,24-25H,12H2,1H3. The van der Waals surface area contributed by atoms with Crippen molar-refractivity contribution in [3.63, 3.8) is 0 Å². The number of nitriles is 1. The molecular formula is C20H17N3O3. The predicted octanol–water partition coefficient (Wildman–Crippen LogP) is 2.60. The van der Waals surface area contributed by atoms with E-state index in [-0.39, 0.29) is 6.61 Å². The number of hydrogen-bond acceptors (Lipinski definition) is 6. The number of hydrogen-bond donors (Lipinski definition) is 2. The number of rotatable bonds is 5. The van der Waals surface area contributed by atoms with E-state index in [2.05, 4.69) is 16.0 Å². The summed E-state index contributed by atoms with van der Waals surface area (Å²) in [6.45, 7) is -0.252. The minimum atomic E-state index is -0.924. The third kappa shape index (κ3) is 3.54. The van der Waals surface area contributed by atoms with E-state index in [4.69, 9.17) is 15.1 Å². The SMILES string of the molecule is COc1ccc(C(O)c2cnc(CO)nc2)cc1-c1cccc(C#N)c1. The van der Waals surface area contributed by atoms with E-state index >= 15 is 0 Å². The summed E-state index contributed by atoms with van der Waals surface area (Å²) in [6, 6.07) is 14.7. The summed E-state index contributed by atoms with van der Waals surface area (Å²) in [7, 11) is 1.57. The molecule has 0 saturated carbocycles. The molecule has 0 radical (unpaired) electrons. The summed E-state index contributed by atoms with van der Waals surface area (Å²) < 4.78 is 5.43. The van der Waals surface area contributed by atoms with Gasteiger partial charge >= 0.3 is 0 Å². The molecule has 6 nitrogen and oxygen atoms in total. The summed E-state index contributed by atoms with van der Waals surface area (Å²) in [6.07, 6.45) is 2.05. The minimum Gasteiger partial charge on any atom is -0.496 e. The Morgan fingerprint density at radius 2 is 1.88 bits per heavy atom. The Morgan fingerprint density at radius 1 is 1.12 bits per heavy atom. The van der Waals surface area contributed by atoms with Crippen LogP contribution in [-0.2, 0) is 6.61 Å². The fraction of sp³-hybridized carbons (Fsp3) is 0.150. The van der Waals surface area contributed by atoms with Gasteiger partial charge in [0.2, 0.25) is 0 Å². The van der Waals surface area contributed by atoms with Crippen LogP contribution in [0.5, 0.6) is 5.75 Å². The van der Waals surface area contributed by atoms with E-state index in [1.54, 1.807) is 37.4 Å².